The highest BCUT2D eigenvalue weighted by Crippen LogP contribution is 2.27. The van der Waals surface area contributed by atoms with Crippen LogP contribution in [0.3, 0.4) is 0 Å². The Kier molecular flexibility index (Phi) is 5.08. The highest BCUT2D eigenvalue weighted by Gasteiger charge is 2.43. The number of halogens is 1. The van der Waals surface area contributed by atoms with Gasteiger partial charge in [0.15, 0.2) is 0 Å². The minimum absolute atomic E-state index is 0.0498. The Bertz CT molecular complexity index is 412. The average Bonchev–Trinajstić information content (AvgIpc) is 2.60. The molecule has 0 spiro atoms. The number of anilines is 1. The van der Waals surface area contributed by atoms with Crippen LogP contribution in [0.2, 0.25) is 5.02 Å². The van der Waals surface area contributed by atoms with E-state index in [1.54, 1.807) is 12.1 Å². The van der Waals surface area contributed by atoms with E-state index < -0.39 is 0 Å². The fraction of sp³-hybridized carbons (Fsp3) is 0.538. The van der Waals surface area contributed by atoms with Gasteiger partial charge in [0.1, 0.15) is 0 Å². The molecular weight excluding hydrogens is 248 g/mol. The Morgan fingerprint density at radius 1 is 1.33 bits per heavy atom. The summed E-state index contributed by atoms with van der Waals surface area (Å²) in [5.41, 5.74) is 6.84. The second-order valence-corrected chi connectivity index (χ2v) is 5.02. The lowest BCUT2D eigenvalue weighted by atomic mass is 9.79. The van der Waals surface area contributed by atoms with Crippen LogP contribution in [0.25, 0.3) is 0 Å². The summed E-state index contributed by atoms with van der Waals surface area (Å²) in [6.45, 7) is 10.0. The number of hydrogen-bond acceptors (Lipinski definition) is 3. The molecule has 2 rings (SSSR count). The summed E-state index contributed by atoms with van der Waals surface area (Å²) in [7, 11) is -0.358. The molecule has 2 N–H and O–H groups in total. The Morgan fingerprint density at radius 3 is 2.39 bits per heavy atom. The maximum absolute atomic E-state index is 5.96. The first-order valence-corrected chi connectivity index (χ1v) is 6.66. The summed E-state index contributed by atoms with van der Waals surface area (Å²) in [6.07, 6.45) is 0.0498. The average molecular weight is 270 g/mol. The van der Waals surface area contributed by atoms with Crippen LogP contribution in [0.15, 0.2) is 18.2 Å². The van der Waals surface area contributed by atoms with Crippen LogP contribution in [0.1, 0.15) is 34.6 Å². The summed E-state index contributed by atoms with van der Waals surface area (Å²) in [5.74, 6) is 0. The topological polar surface area (TPSA) is 44.5 Å². The lowest BCUT2D eigenvalue weighted by Gasteiger charge is -2.21. The van der Waals surface area contributed by atoms with E-state index in [1.165, 1.54) is 0 Å². The first-order valence-electron chi connectivity index (χ1n) is 6.28. The van der Waals surface area contributed by atoms with Gasteiger partial charge in [-0.2, -0.15) is 0 Å². The van der Waals surface area contributed by atoms with Crippen molar-refractivity contribution in [3.05, 3.63) is 23.2 Å². The van der Waals surface area contributed by atoms with Crippen LogP contribution in [0, 0.1) is 0 Å². The summed E-state index contributed by atoms with van der Waals surface area (Å²) >= 11 is 5.96. The summed E-state index contributed by atoms with van der Waals surface area (Å²) in [6, 6.07) is 5.43. The molecule has 0 radical (unpaired) electrons. The molecule has 18 heavy (non-hydrogen) atoms. The SMILES string of the molecule is CC.CC1OB(c2ccc(N)c(Cl)c2)OC1(C)C. The van der Waals surface area contributed by atoms with Gasteiger partial charge in [-0.3, -0.25) is 0 Å². The van der Waals surface area contributed by atoms with Crippen molar-refractivity contribution < 1.29 is 9.31 Å². The summed E-state index contributed by atoms with van der Waals surface area (Å²) in [4.78, 5) is 0. The molecule has 0 saturated carbocycles. The van der Waals surface area contributed by atoms with Crippen molar-refractivity contribution in [3.8, 4) is 0 Å². The van der Waals surface area contributed by atoms with E-state index >= 15 is 0 Å². The molecule has 1 unspecified atom stereocenters. The predicted octanol–water partition coefficient (Wildman–Crippen LogP) is 2.86. The van der Waals surface area contributed by atoms with Crippen LogP contribution in [-0.2, 0) is 9.31 Å². The van der Waals surface area contributed by atoms with Gasteiger partial charge in [-0.15, -0.1) is 0 Å². The molecule has 1 fully saturated rings. The van der Waals surface area contributed by atoms with E-state index in [1.807, 2.05) is 40.7 Å². The minimum atomic E-state index is -0.358. The zero-order valence-electron chi connectivity index (χ0n) is 11.7. The van der Waals surface area contributed by atoms with Crippen molar-refractivity contribution in [2.24, 2.45) is 0 Å². The van der Waals surface area contributed by atoms with Crippen LogP contribution in [0.5, 0.6) is 0 Å². The minimum Gasteiger partial charge on any atom is -0.402 e. The molecule has 3 nitrogen and oxygen atoms in total. The van der Waals surface area contributed by atoms with Gasteiger partial charge in [-0.25, -0.2) is 0 Å². The third-order valence-corrected chi connectivity index (χ3v) is 3.34. The van der Waals surface area contributed by atoms with E-state index in [-0.39, 0.29) is 18.8 Å². The van der Waals surface area contributed by atoms with Crippen LogP contribution >= 0.6 is 11.6 Å². The lowest BCUT2D eigenvalue weighted by molar-refractivity contribution is 0.0842. The number of hydrogen-bond donors (Lipinski definition) is 1. The van der Waals surface area contributed by atoms with Gasteiger partial charge in [0.25, 0.3) is 0 Å². The number of nitrogen functional groups attached to an aromatic ring is 1. The molecule has 0 bridgehead atoms. The molecule has 0 amide bonds. The molecule has 1 aliphatic rings. The second kappa shape index (κ2) is 5.96. The fourth-order valence-corrected chi connectivity index (χ4v) is 1.77. The monoisotopic (exact) mass is 269 g/mol. The normalized spacial score (nSPS) is 21.4. The maximum Gasteiger partial charge on any atom is 0.494 e. The molecule has 100 valence electrons. The van der Waals surface area contributed by atoms with E-state index in [0.717, 1.165) is 5.46 Å². The lowest BCUT2D eigenvalue weighted by Crippen LogP contribution is -2.34. The number of nitrogens with two attached hydrogens (primary N) is 1. The van der Waals surface area contributed by atoms with Crippen molar-refractivity contribution >= 4 is 29.9 Å². The van der Waals surface area contributed by atoms with E-state index in [4.69, 9.17) is 26.6 Å². The van der Waals surface area contributed by atoms with Gasteiger partial charge < -0.3 is 15.0 Å². The van der Waals surface area contributed by atoms with E-state index in [9.17, 15) is 0 Å². The van der Waals surface area contributed by atoms with Gasteiger partial charge >= 0.3 is 7.12 Å². The second-order valence-electron chi connectivity index (χ2n) is 4.61. The van der Waals surface area contributed by atoms with Crippen LogP contribution < -0.4 is 11.2 Å². The number of benzene rings is 1. The molecule has 1 aliphatic heterocycles. The Balaban J connectivity index is 0.000000771. The first-order chi connectivity index (χ1) is 8.40. The number of rotatable bonds is 1. The quantitative estimate of drug-likeness (QED) is 0.630. The zero-order chi connectivity index (χ0) is 13.9. The summed E-state index contributed by atoms with van der Waals surface area (Å²) < 4.78 is 11.6. The van der Waals surface area contributed by atoms with E-state index in [2.05, 4.69) is 0 Å². The molecular formula is C13H21BClNO2. The molecule has 1 heterocycles. The van der Waals surface area contributed by atoms with Crippen molar-refractivity contribution in [2.75, 3.05) is 5.73 Å². The summed E-state index contributed by atoms with van der Waals surface area (Å²) in [5, 5.41) is 0.530. The van der Waals surface area contributed by atoms with Crippen LogP contribution in [0.4, 0.5) is 5.69 Å². The van der Waals surface area contributed by atoms with Gasteiger partial charge in [-0.05, 0) is 38.4 Å². The molecule has 1 aromatic rings. The van der Waals surface area contributed by atoms with Crippen molar-refractivity contribution in [3.63, 3.8) is 0 Å². The molecule has 1 aromatic carbocycles. The largest absolute Gasteiger partial charge is 0.494 e. The standard InChI is InChI=1S/C11H15BClNO2.C2H6/c1-7-11(2,3)16-12(15-7)8-4-5-10(14)9(13)6-8;1-2/h4-7H,14H2,1-3H3;1-2H3. The van der Waals surface area contributed by atoms with Gasteiger partial charge in [0, 0.05) is 0 Å². The predicted molar refractivity (Wildman–Crippen MR) is 78.3 cm³/mol. The van der Waals surface area contributed by atoms with E-state index in [0.29, 0.717) is 10.7 Å². The third kappa shape index (κ3) is 3.19. The first kappa shape index (κ1) is 15.4. The van der Waals surface area contributed by atoms with Crippen molar-refractivity contribution in [2.45, 2.75) is 46.3 Å². The Morgan fingerprint density at radius 2 is 1.94 bits per heavy atom. The van der Waals surface area contributed by atoms with Crippen molar-refractivity contribution in [1.29, 1.82) is 0 Å². The highest BCUT2D eigenvalue weighted by molar-refractivity contribution is 6.62. The molecule has 5 heteroatoms. The van der Waals surface area contributed by atoms with Gasteiger partial charge in [-0.1, -0.05) is 31.5 Å². The zero-order valence-corrected chi connectivity index (χ0v) is 12.4. The molecule has 0 aromatic heterocycles. The molecule has 1 saturated heterocycles. The van der Waals surface area contributed by atoms with Gasteiger partial charge in [0.2, 0.25) is 0 Å². The van der Waals surface area contributed by atoms with Gasteiger partial charge in [0.05, 0.1) is 22.4 Å². The van der Waals surface area contributed by atoms with Crippen LogP contribution in [-0.4, -0.2) is 18.8 Å². The molecule has 0 aliphatic carbocycles. The fourth-order valence-electron chi connectivity index (χ4n) is 1.59. The smallest absolute Gasteiger partial charge is 0.402 e. The maximum atomic E-state index is 5.96. The Labute approximate surface area is 115 Å². The Hall–Kier alpha value is -0.705. The third-order valence-electron chi connectivity index (χ3n) is 3.01. The van der Waals surface area contributed by atoms with Crippen molar-refractivity contribution in [1.82, 2.24) is 0 Å². The highest BCUT2D eigenvalue weighted by atomic mass is 35.5. The molecule has 1 atom stereocenters.